The van der Waals surface area contributed by atoms with Crippen molar-refractivity contribution in [2.45, 2.75) is 26.7 Å². The fraction of sp³-hybridized carbons (Fsp3) is 0.238. The van der Waals surface area contributed by atoms with Gasteiger partial charge in [-0.1, -0.05) is 34.5 Å². The second-order valence-corrected chi connectivity index (χ2v) is 7.88. The van der Waals surface area contributed by atoms with Crippen molar-refractivity contribution in [2.24, 2.45) is 0 Å². The molecule has 0 bridgehead atoms. The number of phenolic OH excluding ortho intramolecular Hbond substituents is 1. The Morgan fingerprint density at radius 3 is 2.54 bits per heavy atom. The van der Waals surface area contributed by atoms with E-state index in [4.69, 9.17) is 11.6 Å². The van der Waals surface area contributed by atoms with Crippen LogP contribution in [0.2, 0.25) is 5.02 Å². The molecule has 0 aliphatic rings. The molecule has 0 saturated carbocycles. The molecule has 0 aliphatic carbocycles. The predicted octanol–water partition coefficient (Wildman–Crippen LogP) is 4.83. The molecule has 0 unspecified atom stereocenters. The Balaban J connectivity index is 2.15. The number of hydrogen-bond acceptors (Lipinski definition) is 3. The fourth-order valence-electron chi connectivity index (χ4n) is 3.18. The first-order chi connectivity index (χ1) is 13.3. The highest BCUT2D eigenvalue weighted by Gasteiger charge is 2.22. The van der Waals surface area contributed by atoms with Crippen molar-refractivity contribution in [2.75, 3.05) is 6.54 Å². The monoisotopic (exact) mass is 462 g/mol. The fourth-order valence-corrected chi connectivity index (χ4v) is 3.60. The first kappa shape index (κ1) is 20.4. The minimum absolute atomic E-state index is 0.0855. The van der Waals surface area contributed by atoms with E-state index in [2.05, 4.69) is 21.2 Å². The lowest BCUT2D eigenvalue weighted by Crippen LogP contribution is -2.26. The number of fused-ring (bicyclic) bond motifs is 1. The zero-order chi connectivity index (χ0) is 20.4. The molecular formula is C21H20BrClN2O3. The van der Waals surface area contributed by atoms with Crippen LogP contribution in [0.1, 0.15) is 35.0 Å². The van der Waals surface area contributed by atoms with Gasteiger partial charge >= 0.3 is 0 Å². The Kier molecular flexibility index (Phi) is 6.10. The maximum atomic E-state index is 13.2. The van der Waals surface area contributed by atoms with E-state index < -0.39 is 0 Å². The first-order valence-corrected chi connectivity index (χ1v) is 10.1. The summed E-state index contributed by atoms with van der Waals surface area (Å²) >= 11 is 9.47. The number of hydrogen-bond donors (Lipinski definition) is 2. The van der Waals surface area contributed by atoms with E-state index in [0.29, 0.717) is 34.3 Å². The number of nitrogens with one attached hydrogen (secondary N) is 1. The number of rotatable bonds is 5. The van der Waals surface area contributed by atoms with Crippen molar-refractivity contribution < 1.29 is 14.7 Å². The van der Waals surface area contributed by atoms with Crippen molar-refractivity contribution in [3.8, 4) is 5.75 Å². The summed E-state index contributed by atoms with van der Waals surface area (Å²) in [5.74, 6) is -0.441. The standard InChI is InChI=1S/C21H20BrClN2O3/c1-3-8-24-20(27)10-15-12(2)25(18-11-17(23)19(26)9-16(15)18)21(28)13-4-6-14(22)7-5-13/h4-7,9,11,26H,3,8,10H2,1-2H3,(H,24,27). The Bertz CT molecular complexity index is 1060. The molecule has 7 heteroatoms. The first-order valence-electron chi connectivity index (χ1n) is 8.92. The SMILES string of the molecule is CCCNC(=O)Cc1c(C)n(C(=O)c2ccc(Br)cc2)c2cc(Cl)c(O)cc12. The second-order valence-electron chi connectivity index (χ2n) is 6.56. The van der Waals surface area contributed by atoms with Crippen LogP contribution < -0.4 is 5.32 Å². The number of carbonyl (C=O) groups excluding carboxylic acids is 2. The zero-order valence-corrected chi connectivity index (χ0v) is 17.9. The molecule has 0 atom stereocenters. The van der Waals surface area contributed by atoms with Crippen molar-refractivity contribution in [3.63, 3.8) is 0 Å². The van der Waals surface area contributed by atoms with Crippen LogP contribution in [0.25, 0.3) is 10.9 Å². The summed E-state index contributed by atoms with van der Waals surface area (Å²) in [5.41, 5.74) is 2.41. The molecule has 0 saturated heterocycles. The normalized spacial score (nSPS) is 11.0. The van der Waals surface area contributed by atoms with Gasteiger partial charge in [0.2, 0.25) is 5.91 Å². The van der Waals surface area contributed by atoms with Crippen LogP contribution in [0.4, 0.5) is 0 Å². The number of halogens is 2. The van der Waals surface area contributed by atoms with E-state index >= 15 is 0 Å². The van der Waals surface area contributed by atoms with Crippen molar-refractivity contribution in [1.82, 2.24) is 9.88 Å². The van der Waals surface area contributed by atoms with E-state index in [1.54, 1.807) is 41.8 Å². The third kappa shape index (κ3) is 3.93. The van der Waals surface area contributed by atoms with E-state index in [1.165, 1.54) is 6.07 Å². The van der Waals surface area contributed by atoms with Gasteiger partial charge < -0.3 is 10.4 Å². The van der Waals surface area contributed by atoms with Crippen LogP contribution in [0.3, 0.4) is 0 Å². The second kappa shape index (κ2) is 8.37. The van der Waals surface area contributed by atoms with Crippen molar-refractivity contribution in [1.29, 1.82) is 0 Å². The lowest BCUT2D eigenvalue weighted by molar-refractivity contribution is -0.120. The molecule has 0 aliphatic heterocycles. The highest BCUT2D eigenvalue weighted by molar-refractivity contribution is 9.10. The molecule has 146 valence electrons. The number of phenols is 1. The van der Waals surface area contributed by atoms with Gasteiger partial charge in [0.15, 0.2) is 0 Å². The number of amides is 1. The molecule has 3 aromatic rings. The van der Waals surface area contributed by atoms with Gasteiger partial charge in [0, 0.05) is 27.7 Å². The average Bonchev–Trinajstić information content (AvgIpc) is 2.91. The molecule has 2 N–H and O–H groups in total. The Labute approximate surface area is 176 Å². The molecule has 1 amide bonds. The topological polar surface area (TPSA) is 71.3 Å². The molecule has 2 aromatic carbocycles. The third-order valence-corrected chi connectivity index (χ3v) is 5.44. The molecule has 28 heavy (non-hydrogen) atoms. The van der Waals surface area contributed by atoms with Gasteiger partial charge in [-0.15, -0.1) is 0 Å². The van der Waals surface area contributed by atoms with Crippen LogP contribution >= 0.6 is 27.5 Å². The van der Waals surface area contributed by atoms with Gasteiger partial charge in [-0.05, 0) is 55.3 Å². The molecular weight excluding hydrogens is 444 g/mol. The summed E-state index contributed by atoms with van der Waals surface area (Å²) < 4.78 is 2.42. The van der Waals surface area contributed by atoms with Gasteiger partial charge in [0.1, 0.15) is 5.75 Å². The third-order valence-electron chi connectivity index (χ3n) is 4.61. The van der Waals surface area contributed by atoms with Crippen LogP contribution in [0.5, 0.6) is 5.75 Å². The maximum absolute atomic E-state index is 13.2. The molecule has 0 radical (unpaired) electrons. The van der Waals surface area contributed by atoms with E-state index in [-0.39, 0.29) is 29.0 Å². The lowest BCUT2D eigenvalue weighted by atomic mass is 10.1. The summed E-state index contributed by atoms with van der Waals surface area (Å²) in [6.45, 7) is 4.36. The number of aromatic nitrogens is 1. The minimum atomic E-state index is -0.225. The highest BCUT2D eigenvalue weighted by atomic mass is 79.9. The molecule has 3 rings (SSSR count). The number of benzene rings is 2. The Hall–Kier alpha value is -2.31. The molecule has 0 fully saturated rings. The van der Waals surface area contributed by atoms with Crippen LogP contribution in [-0.4, -0.2) is 28.0 Å². The summed E-state index contributed by atoms with van der Waals surface area (Å²) in [4.78, 5) is 25.5. The maximum Gasteiger partial charge on any atom is 0.262 e. The van der Waals surface area contributed by atoms with Gasteiger partial charge in [0.05, 0.1) is 17.0 Å². The Morgan fingerprint density at radius 2 is 1.89 bits per heavy atom. The highest BCUT2D eigenvalue weighted by Crippen LogP contribution is 2.35. The van der Waals surface area contributed by atoms with Gasteiger partial charge in [-0.2, -0.15) is 0 Å². The van der Waals surface area contributed by atoms with Gasteiger partial charge in [0.25, 0.3) is 5.91 Å². The average molecular weight is 464 g/mol. The van der Waals surface area contributed by atoms with Gasteiger partial charge in [-0.3, -0.25) is 14.2 Å². The minimum Gasteiger partial charge on any atom is -0.506 e. The lowest BCUT2D eigenvalue weighted by Gasteiger charge is -2.08. The van der Waals surface area contributed by atoms with Crippen molar-refractivity contribution >= 4 is 50.2 Å². The smallest absolute Gasteiger partial charge is 0.262 e. The Morgan fingerprint density at radius 1 is 1.21 bits per heavy atom. The number of aromatic hydroxyl groups is 1. The molecule has 0 spiro atoms. The molecule has 5 nitrogen and oxygen atoms in total. The zero-order valence-electron chi connectivity index (χ0n) is 15.6. The summed E-state index contributed by atoms with van der Waals surface area (Å²) in [6, 6.07) is 10.1. The summed E-state index contributed by atoms with van der Waals surface area (Å²) in [6.07, 6.45) is 0.953. The summed E-state index contributed by atoms with van der Waals surface area (Å²) in [7, 11) is 0. The van der Waals surface area contributed by atoms with E-state index in [1.807, 2.05) is 6.92 Å². The van der Waals surface area contributed by atoms with Crippen LogP contribution in [0.15, 0.2) is 40.9 Å². The number of nitrogens with zero attached hydrogens (tertiary/aromatic N) is 1. The van der Waals surface area contributed by atoms with E-state index in [9.17, 15) is 14.7 Å². The molecule has 1 aromatic heterocycles. The number of carbonyl (C=O) groups is 2. The largest absolute Gasteiger partial charge is 0.506 e. The molecule has 1 heterocycles. The summed E-state index contributed by atoms with van der Waals surface area (Å²) in [5, 5.41) is 13.7. The van der Waals surface area contributed by atoms with Crippen LogP contribution in [-0.2, 0) is 11.2 Å². The predicted molar refractivity (Wildman–Crippen MR) is 114 cm³/mol. The quantitative estimate of drug-likeness (QED) is 0.569. The van der Waals surface area contributed by atoms with Crippen molar-refractivity contribution in [3.05, 3.63) is 62.7 Å². The van der Waals surface area contributed by atoms with Crippen LogP contribution in [0, 0.1) is 6.92 Å². The van der Waals surface area contributed by atoms with E-state index in [0.717, 1.165) is 10.9 Å². The van der Waals surface area contributed by atoms with Gasteiger partial charge in [-0.25, -0.2) is 0 Å².